The fourth-order valence-electron chi connectivity index (χ4n) is 2.82. The lowest BCUT2D eigenvalue weighted by molar-refractivity contribution is -0.170. The van der Waals surface area contributed by atoms with Crippen molar-refractivity contribution in [2.45, 2.75) is 467 Å². The first-order chi connectivity index (χ1) is 41.0. The molecule has 0 aliphatic carbocycles. The number of hydrogen-bond acceptors (Lipinski definition) is 0. The largest absolute Gasteiger partial charge is 0.391 e. The molecule has 91 heavy (non-hydrogen) atoms. The monoisotopic (exact) mass is 1360 g/mol. The minimum Gasteiger partial charge on any atom is -0.248 e. The third-order valence-electron chi connectivity index (χ3n) is 10.00. The van der Waals surface area contributed by atoms with Crippen molar-refractivity contribution in [2.75, 3.05) is 0 Å². The Hall–Kier alpha value is -0.910. The summed E-state index contributed by atoms with van der Waals surface area (Å²) in [6.45, 7) is 78.2. The lowest BCUT2D eigenvalue weighted by Gasteiger charge is -2.11. The van der Waals surface area contributed by atoms with E-state index in [-0.39, 0.29) is 32.1 Å². The van der Waals surface area contributed by atoms with Gasteiger partial charge in [0.15, 0.2) is 0 Å². The smallest absolute Gasteiger partial charge is 0.248 e. The Labute approximate surface area is 569 Å². The molecule has 0 saturated carbocycles. The third kappa shape index (κ3) is 364. The average molecular weight is 1360 g/mol. The molecule has 2 atom stereocenters. The van der Waals surface area contributed by atoms with Crippen LogP contribution >= 0.6 is 0 Å². The van der Waals surface area contributed by atoms with Crippen LogP contribution in [0.25, 0.3) is 0 Å². The van der Waals surface area contributed by atoms with Gasteiger partial charge in [-0.1, -0.05) is 372 Å². The highest BCUT2D eigenvalue weighted by Crippen LogP contribution is 2.27. The summed E-state index contributed by atoms with van der Waals surface area (Å²) in [5.41, 5.74) is 0. The molecule has 0 saturated heterocycles. The van der Waals surface area contributed by atoms with E-state index in [1.807, 2.05) is 6.92 Å². The molecule has 0 aliphatic rings. The molecule has 0 aromatic carbocycles. The molecule has 0 nitrogen and oxygen atoms in total. The van der Waals surface area contributed by atoms with Crippen LogP contribution < -0.4 is 0 Å². The topological polar surface area (TPSA) is 0 Å². The van der Waals surface area contributed by atoms with Crippen molar-refractivity contribution in [2.24, 2.45) is 47.3 Å². The summed E-state index contributed by atoms with van der Waals surface area (Å²) in [5.74, 6) is -4.52. The number of hydrogen-bond donors (Lipinski definition) is 0. The molecule has 2 unspecified atom stereocenters. The molecule has 0 fully saturated rings. The Balaban J connectivity index is -0.0000000429. The second-order valence-corrected chi connectivity index (χ2v) is 26.7. The molecule has 0 heterocycles. The second-order valence-electron chi connectivity index (χ2n) is 26.7. The highest BCUT2D eigenvalue weighted by molar-refractivity contribution is 4.59. The average Bonchev–Trinajstić information content (AvgIpc) is 3.47. The van der Waals surface area contributed by atoms with E-state index in [1.165, 1.54) is 124 Å². The first-order valence-corrected chi connectivity index (χ1v) is 36.9. The van der Waals surface area contributed by atoms with E-state index in [9.17, 15) is 57.1 Å². The van der Waals surface area contributed by atoms with Crippen LogP contribution in [0.5, 0.6) is 0 Å². The molecule has 0 N–H and O–H groups in total. The van der Waals surface area contributed by atoms with E-state index in [1.54, 1.807) is 20.8 Å². The highest BCUT2D eigenvalue weighted by Gasteiger charge is 2.34. The molecule has 0 spiro atoms. The van der Waals surface area contributed by atoms with E-state index in [0.717, 1.165) is 69.6 Å². The van der Waals surface area contributed by atoms with Crippen LogP contribution in [0.3, 0.4) is 0 Å². The number of halogens is 13. The van der Waals surface area contributed by atoms with Crippen LogP contribution in [0, 0.1) is 47.3 Å². The van der Waals surface area contributed by atoms with E-state index in [0.29, 0.717) is 19.3 Å². The van der Waals surface area contributed by atoms with Gasteiger partial charge in [0.25, 0.3) is 0 Å². The predicted molar refractivity (Wildman–Crippen MR) is 398 cm³/mol. The Morgan fingerprint density at radius 1 is 0.275 bits per heavy atom. The lowest BCUT2D eigenvalue weighted by atomic mass is 10.1. The predicted octanol–water partition coefficient (Wildman–Crippen LogP) is 35.2. The van der Waals surface area contributed by atoms with Crippen LogP contribution in [0.15, 0.2) is 0 Å². The zero-order valence-corrected chi connectivity index (χ0v) is 69.6. The molecular weight excluding hydrogens is 1180 g/mol. The van der Waals surface area contributed by atoms with Crippen molar-refractivity contribution in [3.63, 3.8) is 0 Å². The van der Waals surface area contributed by atoms with Gasteiger partial charge in [0.2, 0.25) is 17.8 Å². The van der Waals surface area contributed by atoms with Gasteiger partial charge in [-0.3, -0.25) is 0 Å². The summed E-state index contributed by atoms with van der Waals surface area (Å²) < 4.78 is 150. The first-order valence-electron chi connectivity index (χ1n) is 36.9. The van der Waals surface area contributed by atoms with Crippen molar-refractivity contribution < 1.29 is 57.1 Å². The second kappa shape index (κ2) is 108. The van der Waals surface area contributed by atoms with Crippen molar-refractivity contribution in [1.82, 2.24) is 0 Å². The Morgan fingerprint density at radius 2 is 0.451 bits per heavy atom. The van der Waals surface area contributed by atoms with E-state index >= 15 is 0 Å². The molecule has 0 aromatic rings. The van der Waals surface area contributed by atoms with Crippen LogP contribution in [0.4, 0.5) is 57.1 Å². The van der Waals surface area contributed by atoms with Gasteiger partial charge in [-0.15, -0.1) is 0 Å². The minimum atomic E-state index is -4.00. The summed E-state index contributed by atoms with van der Waals surface area (Å²) >= 11 is 0. The minimum absolute atomic E-state index is 0.00694. The van der Waals surface area contributed by atoms with Crippen LogP contribution in [0.1, 0.15) is 431 Å². The first kappa shape index (κ1) is 134. The molecule has 0 aromatic heterocycles. The lowest BCUT2D eigenvalue weighted by Crippen LogP contribution is -2.18. The van der Waals surface area contributed by atoms with Gasteiger partial charge in [-0.25, -0.2) is 30.7 Å². The SMILES string of the molecule is CC(C)C.CC(C)C.CC(C)C.CC(C)C(F)(F)F.CCC.CCC(C)C.CCC(C)C.CCC(C)C.CCC(C)C(F)(F)F.CCC(F)(F)CC.CCCC.CCCC(C)(F)F.CCCC(C)(F)F.CCCC(C)F.CCCCC.CCCCC.CCCCC. The van der Waals surface area contributed by atoms with Gasteiger partial charge in [-0.2, -0.15) is 26.3 Å². The van der Waals surface area contributed by atoms with Gasteiger partial charge in [0, 0.05) is 31.6 Å². The summed E-state index contributed by atoms with van der Waals surface area (Å²) in [4.78, 5) is 0. The van der Waals surface area contributed by atoms with Gasteiger partial charge in [-0.05, 0) is 69.1 Å². The van der Waals surface area contributed by atoms with Crippen LogP contribution in [-0.2, 0) is 0 Å². The molecule has 0 radical (unpaired) electrons. The van der Waals surface area contributed by atoms with E-state index < -0.39 is 48.1 Å². The molecule has 13 heteroatoms. The molecule has 0 rings (SSSR count). The fraction of sp³-hybridized carbons (Fsp3) is 1.00. The maximum Gasteiger partial charge on any atom is 0.391 e. The Kier molecular flexibility index (Phi) is 159. The number of alkyl halides is 13. The quantitative estimate of drug-likeness (QED) is 0.113. The normalized spacial score (nSPS) is 10.8. The summed E-state index contributed by atoms with van der Waals surface area (Å²) in [7, 11) is 0. The summed E-state index contributed by atoms with van der Waals surface area (Å²) in [6, 6.07) is 0. The molecule has 580 valence electrons. The maximum atomic E-state index is 11.9. The van der Waals surface area contributed by atoms with Gasteiger partial charge in [0.05, 0.1) is 12.1 Å². The van der Waals surface area contributed by atoms with Crippen LogP contribution in [-0.4, -0.2) is 36.3 Å². The fourth-order valence-corrected chi connectivity index (χ4v) is 2.82. The number of unbranched alkanes of at least 4 members (excludes halogenated alkanes) is 7. The van der Waals surface area contributed by atoms with Gasteiger partial charge in [0.1, 0.15) is 0 Å². The zero-order chi connectivity index (χ0) is 77.7. The van der Waals surface area contributed by atoms with Gasteiger partial charge >= 0.3 is 12.4 Å². The summed E-state index contributed by atoms with van der Waals surface area (Å²) in [6.07, 6.45) is 14.3. The molecule has 0 amide bonds. The third-order valence-corrected chi connectivity index (χ3v) is 10.00. The van der Waals surface area contributed by atoms with Crippen molar-refractivity contribution in [3.05, 3.63) is 0 Å². The highest BCUT2D eigenvalue weighted by atomic mass is 19.4. The van der Waals surface area contributed by atoms with Crippen LogP contribution in [0.2, 0.25) is 0 Å². The van der Waals surface area contributed by atoms with E-state index in [4.69, 9.17) is 0 Å². The maximum absolute atomic E-state index is 11.9. The molecular formula is C78H177F13. The van der Waals surface area contributed by atoms with E-state index in [2.05, 4.69) is 194 Å². The molecule has 0 aliphatic heterocycles. The molecule has 0 bridgehead atoms. The summed E-state index contributed by atoms with van der Waals surface area (Å²) in [5, 5.41) is 0. The number of rotatable bonds is 19. The zero-order valence-electron chi connectivity index (χ0n) is 69.6. The standard InChI is InChI=1S/C5H9F3.3C5H10F2.C5H11F.6C5H12.C4H7F3.4C4H10.C3H8/c1-3-4(2)5(6,7)8;2*1-3-4-5(2,6)7;1-3-5(6,7)4-2;1-3-4-5(2)6;3*1-4-5(2)3;3*1-3-5-4-2;1-3(2)4(5,6)7;3*1-4(2)3;1-3-4-2;1-3-2/h4H,3H2,1-2H3;3*3-4H2,1-2H3;5H,3-4H2,1-2H3;3*5H,4H2,1-3H3;3*3-5H2,1-2H3;3H,1-2H3;3*4H,1-3H3;3-4H2,1-2H3;3H2,1-2H3. The van der Waals surface area contributed by atoms with Gasteiger partial charge < -0.3 is 0 Å². The van der Waals surface area contributed by atoms with Crippen molar-refractivity contribution in [1.29, 1.82) is 0 Å². The Morgan fingerprint density at radius 3 is 0.451 bits per heavy atom. The van der Waals surface area contributed by atoms with Crippen molar-refractivity contribution >= 4 is 0 Å². The van der Waals surface area contributed by atoms with Crippen molar-refractivity contribution in [3.8, 4) is 0 Å². The Bertz CT molecular complexity index is 934.